The lowest BCUT2D eigenvalue weighted by Gasteiger charge is -2.03. The molecule has 0 fully saturated rings. The predicted octanol–water partition coefficient (Wildman–Crippen LogP) is 3.64. The molecule has 2 rings (SSSR count). The van der Waals surface area contributed by atoms with Gasteiger partial charge in [0.1, 0.15) is 0 Å². The molecule has 0 aliphatic heterocycles. The van der Waals surface area contributed by atoms with Crippen LogP contribution in [0.25, 0.3) is 0 Å². The quantitative estimate of drug-likeness (QED) is 0.836. The molecule has 3 nitrogen and oxygen atoms in total. The molecular formula is C10H7Cl2N3S. The largest absolute Gasteiger partial charge is 0.215 e. The molecule has 0 saturated carbocycles. The third-order valence-corrected chi connectivity index (χ3v) is 3.53. The van der Waals surface area contributed by atoms with E-state index in [1.54, 1.807) is 0 Å². The molecule has 82 valence electrons. The maximum absolute atomic E-state index is 5.76. The molecule has 0 unspecified atom stereocenters. The molecule has 0 saturated heterocycles. The number of rotatable bonds is 2. The molecule has 0 amide bonds. The number of hydrogen-bond donors (Lipinski definition) is 0. The summed E-state index contributed by atoms with van der Waals surface area (Å²) in [4.78, 5) is 5.10. The number of aromatic nitrogens is 3. The maximum atomic E-state index is 5.76. The Labute approximate surface area is 107 Å². The monoisotopic (exact) mass is 271 g/mol. The SMILES string of the molecule is Cc1ccccc1Sc1nnc(Cl)c(Cl)n1. The highest BCUT2D eigenvalue weighted by atomic mass is 35.5. The predicted molar refractivity (Wildman–Crippen MR) is 65.1 cm³/mol. The Morgan fingerprint density at radius 1 is 1.06 bits per heavy atom. The molecule has 0 aliphatic carbocycles. The average Bonchev–Trinajstić information content (AvgIpc) is 2.27. The molecule has 0 atom stereocenters. The normalized spacial score (nSPS) is 10.4. The van der Waals surface area contributed by atoms with E-state index in [4.69, 9.17) is 23.2 Å². The third-order valence-electron chi connectivity index (χ3n) is 1.88. The summed E-state index contributed by atoms with van der Waals surface area (Å²) in [5.41, 5.74) is 1.15. The summed E-state index contributed by atoms with van der Waals surface area (Å²) in [5.74, 6) is 0. The van der Waals surface area contributed by atoms with E-state index in [-0.39, 0.29) is 10.3 Å². The van der Waals surface area contributed by atoms with Crippen LogP contribution in [0.2, 0.25) is 10.3 Å². The lowest BCUT2D eigenvalue weighted by Crippen LogP contribution is -1.92. The topological polar surface area (TPSA) is 38.7 Å². The van der Waals surface area contributed by atoms with Gasteiger partial charge in [-0.3, -0.25) is 0 Å². The molecule has 1 heterocycles. The van der Waals surface area contributed by atoms with E-state index >= 15 is 0 Å². The lowest BCUT2D eigenvalue weighted by molar-refractivity contribution is 0.839. The van der Waals surface area contributed by atoms with Gasteiger partial charge in [0, 0.05) is 4.90 Å². The van der Waals surface area contributed by atoms with Crippen molar-refractivity contribution in [1.82, 2.24) is 15.2 Å². The number of halogens is 2. The van der Waals surface area contributed by atoms with E-state index in [0.29, 0.717) is 5.16 Å². The van der Waals surface area contributed by atoms with Crippen molar-refractivity contribution in [1.29, 1.82) is 0 Å². The highest BCUT2D eigenvalue weighted by Crippen LogP contribution is 2.28. The van der Waals surface area contributed by atoms with Crippen LogP contribution in [0.5, 0.6) is 0 Å². The van der Waals surface area contributed by atoms with Gasteiger partial charge in [0.25, 0.3) is 0 Å². The minimum atomic E-state index is 0.121. The van der Waals surface area contributed by atoms with Crippen molar-refractivity contribution >= 4 is 35.0 Å². The fourth-order valence-electron chi connectivity index (χ4n) is 1.09. The van der Waals surface area contributed by atoms with Gasteiger partial charge in [-0.1, -0.05) is 41.4 Å². The first-order valence-electron chi connectivity index (χ1n) is 4.46. The summed E-state index contributed by atoms with van der Waals surface area (Å²) in [6.45, 7) is 2.02. The van der Waals surface area contributed by atoms with Gasteiger partial charge in [0.2, 0.25) is 5.16 Å². The van der Waals surface area contributed by atoms with Crippen LogP contribution in [0.3, 0.4) is 0 Å². The second-order valence-electron chi connectivity index (χ2n) is 3.04. The van der Waals surface area contributed by atoms with Crippen molar-refractivity contribution < 1.29 is 0 Å². The van der Waals surface area contributed by atoms with Crippen LogP contribution in [0.15, 0.2) is 34.3 Å². The zero-order valence-electron chi connectivity index (χ0n) is 8.32. The van der Waals surface area contributed by atoms with Gasteiger partial charge >= 0.3 is 0 Å². The molecule has 0 N–H and O–H groups in total. The Balaban J connectivity index is 2.28. The minimum Gasteiger partial charge on any atom is -0.205 e. The van der Waals surface area contributed by atoms with Gasteiger partial charge in [0.05, 0.1) is 0 Å². The van der Waals surface area contributed by atoms with Gasteiger partial charge in [-0.2, -0.15) is 0 Å². The highest BCUT2D eigenvalue weighted by Gasteiger charge is 2.07. The second-order valence-corrected chi connectivity index (χ2v) is 4.77. The second kappa shape index (κ2) is 4.99. The Bertz CT molecular complexity index is 519. The van der Waals surface area contributed by atoms with Crippen LogP contribution >= 0.6 is 35.0 Å². The first kappa shape index (κ1) is 11.6. The van der Waals surface area contributed by atoms with Gasteiger partial charge in [0.15, 0.2) is 10.3 Å². The van der Waals surface area contributed by atoms with E-state index in [1.165, 1.54) is 11.8 Å². The summed E-state index contributed by atoms with van der Waals surface area (Å²) < 4.78 is 0. The molecule has 0 radical (unpaired) electrons. The van der Waals surface area contributed by atoms with Crippen molar-refractivity contribution in [3.63, 3.8) is 0 Å². The minimum absolute atomic E-state index is 0.121. The van der Waals surface area contributed by atoms with E-state index in [2.05, 4.69) is 15.2 Å². The Morgan fingerprint density at radius 2 is 1.81 bits per heavy atom. The van der Waals surface area contributed by atoms with Gasteiger partial charge in [-0.05, 0) is 30.3 Å². The van der Waals surface area contributed by atoms with Gasteiger partial charge in [-0.25, -0.2) is 4.98 Å². The van der Waals surface area contributed by atoms with Crippen LogP contribution in [0.1, 0.15) is 5.56 Å². The smallest absolute Gasteiger partial charge is 0.205 e. The summed E-state index contributed by atoms with van der Waals surface area (Å²) in [6.07, 6.45) is 0. The summed E-state index contributed by atoms with van der Waals surface area (Å²) in [7, 11) is 0. The number of aryl methyl sites for hydroxylation is 1. The zero-order valence-corrected chi connectivity index (χ0v) is 10.6. The Hall–Kier alpha value is -0.840. The van der Waals surface area contributed by atoms with Crippen molar-refractivity contribution in [2.75, 3.05) is 0 Å². The van der Waals surface area contributed by atoms with Crippen LogP contribution in [-0.2, 0) is 0 Å². The fraction of sp³-hybridized carbons (Fsp3) is 0.100. The van der Waals surface area contributed by atoms with Crippen molar-refractivity contribution in [2.24, 2.45) is 0 Å². The van der Waals surface area contributed by atoms with Crippen LogP contribution in [0, 0.1) is 6.92 Å². The highest BCUT2D eigenvalue weighted by molar-refractivity contribution is 7.99. The van der Waals surface area contributed by atoms with E-state index in [0.717, 1.165) is 10.5 Å². The van der Waals surface area contributed by atoms with E-state index in [9.17, 15) is 0 Å². The summed E-state index contributed by atoms with van der Waals surface area (Å²) >= 11 is 12.8. The maximum Gasteiger partial charge on any atom is 0.215 e. The van der Waals surface area contributed by atoms with Crippen LogP contribution in [-0.4, -0.2) is 15.2 Å². The summed E-state index contributed by atoms with van der Waals surface area (Å²) in [6, 6.07) is 7.95. The molecule has 1 aromatic heterocycles. The zero-order chi connectivity index (χ0) is 11.5. The molecule has 2 aromatic rings. The molecule has 0 bridgehead atoms. The molecule has 1 aromatic carbocycles. The van der Waals surface area contributed by atoms with Crippen LogP contribution < -0.4 is 0 Å². The lowest BCUT2D eigenvalue weighted by atomic mass is 10.2. The van der Waals surface area contributed by atoms with Crippen molar-refractivity contribution in [2.45, 2.75) is 17.0 Å². The Kier molecular flexibility index (Phi) is 3.63. The number of benzene rings is 1. The van der Waals surface area contributed by atoms with Gasteiger partial charge < -0.3 is 0 Å². The van der Waals surface area contributed by atoms with E-state index < -0.39 is 0 Å². The number of hydrogen-bond acceptors (Lipinski definition) is 4. The molecule has 6 heteroatoms. The fourth-order valence-corrected chi connectivity index (χ4v) is 2.13. The third kappa shape index (κ3) is 2.64. The Morgan fingerprint density at radius 3 is 2.50 bits per heavy atom. The van der Waals surface area contributed by atoms with Crippen molar-refractivity contribution in [3.05, 3.63) is 40.1 Å². The number of nitrogens with zero attached hydrogens (tertiary/aromatic N) is 3. The average molecular weight is 272 g/mol. The summed E-state index contributed by atoms with van der Waals surface area (Å²) in [5, 5.41) is 8.35. The first-order valence-corrected chi connectivity index (χ1v) is 6.03. The van der Waals surface area contributed by atoms with Crippen LogP contribution in [0.4, 0.5) is 0 Å². The van der Waals surface area contributed by atoms with E-state index in [1.807, 2.05) is 31.2 Å². The molecular weight excluding hydrogens is 265 g/mol. The molecule has 0 spiro atoms. The van der Waals surface area contributed by atoms with Gasteiger partial charge in [-0.15, -0.1) is 10.2 Å². The molecule has 0 aliphatic rings. The van der Waals surface area contributed by atoms with Crippen molar-refractivity contribution in [3.8, 4) is 0 Å². The standard InChI is InChI=1S/C10H7Cl2N3S/c1-6-4-2-3-5-7(6)16-10-13-8(11)9(12)14-15-10/h2-5H,1H3. The first-order chi connectivity index (χ1) is 7.66. The molecule has 16 heavy (non-hydrogen) atoms.